The van der Waals surface area contributed by atoms with E-state index in [1.165, 1.54) is 0 Å². The molecule has 1 atom stereocenters. The van der Waals surface area contributed by atoms with Crippen LogP contribution in [0.1, 0.15) is 48.9 Å². The standard InChI is InChI=1S/C20H23N3O5/c24-17(12-23-18(25)6-7-19(23)26)21-13-4-5-16-15(11-13)20(27)22-9-2-1-3-14(22)8-10-28-16/h4-5,11,14H,1-3,6-10,12H2,(H,21,24). The summed E-state index contributed by atoms with van der Waals surface area (Å²) in [5, 5.41) is 2.68. The summed E-state index contributed by atoms with van der Waals surface area (Å²) in [6.07, 6.45) is 4.21. The molecule has 2 fully saturated rings. The van der Waals surface area contributed by atoms with Crippen LogP contribution >= 0.6 is 0 Å². The van der Waals surface area contributed by atoms with Gasteiger partial charge in [-0.2, -0.15) is 0 Å². The van der Waals surface area contributed by atoms with Crippen molar-refractivity contribution in [3.8, 4) is 5.75 Å². The molecule has 0 radical (unpaired) electrons. The summed E-state index contributed by atoms with van der Waals surface area (Å²) >= 11 is 0. The predicted molar refractivity (Wildman–Crippen MR) is 99.8 cm³/mol. The third-order valence-electron chi connectivity index (χ3n) is 5.55. The zero-order valence-corrected chi connectivity index (χ0v) is 15.6. The van der Waals surface area contributed by atoms with Crippen LogP contribution in [0.3, 0.4) is 0 Å². The van der Waals surface area contributed by atoms with Gasteiger partial charge in [0.15, 0.2) is 0 Å². The number of benzene rings is 1. The normalized spacial score (nSPS) is 22.1. The number of amides is 4. The zero-order chi connectivity index (χ0) is 19.7. The molecule has 8 nitrogen and oxygen atoms in total. The fourth-order valence-corrected chi connectivity index (χ4v) is 4.07. The number of likely N-dealkylation sites (tertiary alicyclic amines) is 1. The van der Waals surface area contributed by atoms with Gasteiger partial charge in [-0.1, -0.05) is 0 Å². The van der Waals surface area contributed by atoms with E-state index in [1.54, 1.807) is 18.2 Å². The Kier molecular flexibility index (Phi) is 5.02. The van der Waals surface area contributed by atoms with Gasteiger partial charge in [0.25, 0.3) is 5.91 Å². The van der Waals surface area contributed by atoms with Crippen LogP contribution in [0.15, 0.2) is 18.2 Å². The molecule has 0 saturated carbocycles. The number of nitrogens with one attached hydrogen (secondary N) is 1. The van der Waals surface area contributed by atoms with Crippen molar-refractivity contribution in [1.29, 1.82) is 0 Å². The minimum atomic E-state index is -0.474. The van der Waals surface area contributed by atoms with Gasteiger partial charge >= 0.3 is 0 Å². The molecule has 148 valence electrons. The van der Waals surface area contributed by atoms with Crippen LogP contribution in [0.5, 0.6) is 5.75 Å². The van der Waals surface area contributed by atoms with Gasteiger partial charge in [0.05, 0.1) is 12.2 Å². The number of hydrogen-bond donors (Lipinski definition) is 1. The molecule has 1 aromatic rings. The molecule has 28 heavy (non-hydrogen) atoms. The third-order valence-corrected chi connectivity index (χ3v) is 5.55. The minimum Gasteiger partial charge on any atom is -0.493 e. The molecular weight excluding hydrogens is 362 g/mol. The summed E-state index contributed by atoms with van der Waals surface area (Å²) in [6.45, 7) is 0.971. The molecule has 0 aromatic heterocycles. The van der Waals surface area contributed by atoms with E-state index in [0.717, 1.165) is 37.1 Å². The van der Waals surface area contributed by atoms with E-state index < -0.39 is 5.91 Å². The van der Waals surface area contributed by atoms with Crippen molar-refractivity contribution in [1.82, 2.24) is 9.80 Å². The summed E-state index contributed by atoms with van der Waals surface area (Å²) in [5.74, 6) is -0.716. The first-order valence-corrected chi connectivity index (χ1v) is 9.74. The van der Waals surface area contributed by atoms with E-state index in [-0.39, 0.29) is 43.1 Å². The van der Waals surface area contributed by atoms with E-state index >= 15 is 0 Å². The van der Waals surface area contributed by atoms with Gasteiger partial charge in [-0.3, -0.25) is 24.1 Å². The summed E-state index contributed by atoms with van der Waals surface area (Å²) in [6, 6.07) is 5.15. The van der Waals surface area contributed by atoms with E-state index in [1.807, 2.05) is 4.90 Å². The highest BCUT2D eigenvalue weighted by atomic mass is 16.5. The lowest BCUT2D eigenvalue weighted by Gasteiger charge is -2.37. The summed E-state index contributed by atoms with van der Waals surface area (Å²) in [5.41, 5.74) is 0.867. The van der Waals surface area contributed by atoms with Gasteiger partial charge in [-0.25, -0.2) is 0 Å². The number of carbonyl (C=O) groups excluding carboxylic acids is 4. The lowest BCUT2D eigenvalue weighted by atomic mass is 9.97. The number of hydrogen-bond acceptors (Lipinski definition) is 5. The molecule has 2 saturated heterocycles. The SMILES string of the molecule is O=C(CN1C(=O)CCC1=O)Nc1ccc2c(c1)C(=O)N1CCCCC1CCO2. The molecule has 0 bridgehead atoms. The number of rotatable bonds is 3. The van der Waals surface area contributed by atoms with Crippen molar-refractivity contribution in [2.24, 2.45) is 0 Å². The molecule has 3 heterocycles. The first-order chi connectivity index (χ1) is 13.5. The fraction of sp³-hybridized carbons (Fsp3) is 0.500. The second-order valence-corrected chi connectivity index (χ2v) is 7.42. The summed E-state index contributed by atoms with van der Waals surface area (Å²) in [7, 11) is 0. The van der Waals surface area contributed by atoms with Gasteiger partial charge in [-0.05, 0) is 37.5 Å². The fourth-order valence-electron chi connectivity index (χ4n) is 4.07. The second-order valence-electron chi connectivity index (χ2n) is 7.42. The smallest absolute Gasteiger partial charge is 0.257 e. The molecule has 0 spiro atoms. The van der Waals surface area contributed by atoms with Gasteiger partial charge in [0.1, 0.15) is 12.3 Å². The van der Waals surface area contributed by atoms with Gasteiger partial charge < -0.3 is 15.0 Å². The first kappa shape index (κ1) is 18.5. The maximum Gasteiger partial charge on any atom is 0.257 e. The lowest BCUT2D eigenvalue weighted by molar-refractivity contribution is -0.141. The number of fused-ring (bicyclic) bond motifs is 2. The number of imide groups is 1. The topological polar surface area (TPSA) is 96.0 Å². The monoisotopic (exact) mass is 385 g/mol. The molecule has 0 aliphatic carbocycles. The Morgan fingerprint density at radius 3 is 2.68 bits per heavy atom. The molecule has 3 aliphatic rings. The minimum absolute atomic E-state index is 0.0830. The summed E-state index contributed by atoms with van der Waals surface area (Å²) < 4.78 is 5.79. The zero-order valence-electron chi connectivity index (χ0n) is 15.6. The third kappa shape index (κ3) is 3.58. The van der Waals surface area contributed by atoms with Gasteiger partial charge in [-0.15, -0.1) is 0 Å². The average molecular weight is 385 g/mol. The maximum absolute atomic E-state index is 13.1. The van der Waals surface area contributed by atoms with Crippen molar-refractivity contribution in [3.05, 3.63) is 23.8 Å². The second kappa shape index (κ2) is 7.61. The highest BCUT2D eigenvalue weighted by Gasteiger charge is 2.32. The molecule has 1 aromatic carbocycles. The lowest BCUT2D eigenvalue weighted by Crippen LogP contribution is -2.45. The Bertz CT molecular complexity index is 821. The van der Waals surface area contributed by atoms with Crippen LogP contribution in [0.25, 0.3) is 0 Å². The Morgan fingerprint density at radius 2 is 1.89 bits per heavy atom. The number of ether oxygens (including phenoxy) is 1. The van der Waals surface area contributed by atoms with Crippen molar-refractivity contribution in [3.63, 3.8) is 0 Å². The molecule has 4 amide bonds. The van der Waals surface area contributed by atoms with E-state index in [4.69, 9.17) is 4.74 Å². The number of piperidine rings is 1. The molecular formula is C20H23N3O5. The number of anilines is 1. The number of nitrogens with zero attached hydrogens (tertiary/aromatic N) is 2. The Labute approximate surface area is 162 Å². The van der Waals surface area contributed by atoms with Crippen molar-refractivity contribution >= 4 is 29.3 Å². The van der Waals surface area contributed by atoms with Crippen LogP contribution in [0.4, 0.5) is 5.69 Å². The maximum atomic E-state index is 13.1. The van der Waals surface area contributed by atoms with Crippen LogP contribution in [-0.4, -0.2) is 59.2 Å². The highest BCUT2D eigenvalue weighted by molar-refractivity contribution is 6.06. The van der Waals surface area contributed by atoms with E-state index in [9.17, 15) is 19.2 Å². The van der Waals surface area contributed by atoms with E-state index in [2.05, 4.69) is 5.32 Å². The van der Waals surface area contributed by atoms with Gasteiger partial charge in [0, 0.05) is 37.5 Å². The molecule has 1 unspecified atom stereocenters. The molecule has 4 rings (SSSR count). The summed E-state index contributed by atoms with van der Waals surface area (Å²) in [4.78, 5) is 51.6. The van der Waals surface area contributed by atoms with Crippen molar-refractivity contribution in [2.45, 2.75) is 44.6 Å². The van der Waals surface area contributed by atoms with Gasteiger partial charge in [0.2, 0.25) is 17.7 Å². The molecule has 1 N–H and O–H groups in total. The molecule has 3 aliphatic heterocycles. The van der Waals surface area contributed by atoms with Crippen LogP contribution in [-0.2, 0) is 14.4 Å². The molecule has 8 heteroatoms. The van der Waals surface area contributed by atoms with Crippen molar-refractivity contribution in [2.75, 3.05) is 25.0 Å². The van der Waals surface area contributed by atoms with Crippen LogP contribution < -0.4 is 10.1 Å². The predicted octanol–water partition coefficient (Wildman–Crippen LogP) is 1.55. The Balaban J connectivity index is 1.51. The largest absolute Gasteiger partial charge is 0.493 e. The average Bonchev–Trinajstić information content (AvgIpc) is 2.99. The highest BCUT2D eigenvalue weighted by Crippen LogP contribution is 2.31. The van der Waals surface area contributed by atoms with Crippen LogP contribution in [0.2, 0.25) is 0 Å². The Hall–Kier alpha value is -2.90. The Morgan fingerprint density at radius 1 is 1.11 bits per heavy atom. The first-order valence-electron chi connectivity index (χ1n) is 9.74. The number of carbonyl (C=O) groups is 4. The van der Waals surface area contributed by atoms with E-state index in [0.29, 0.717) is 23.6 Å². The van der Waals surface area contributed by atoms with Crippen molar-refractivity contribution < 1.29 is 23.9 Å². The van der Waals surface area contributed by atoms with Crippen LogP contribution in [0, 0.1) is 0 Å². The quantitative estimate of drug-likeness (QED) is 0.797.